The molecule has 1 amide bonds. The number of H-pyrrole nitrogens is 1. The molecule has 2 heterocycles. The van der Waals surface area contributed by atoms with Gasteiger partial charge in [0.1, 0.15) is 11.3 Å². The highest BCUT2D eigenvalue weighted by Crippen LogP contribution is 2.25. The number of carbonyl (C=O) groups is 2. The minimum atomic E-state index is -5.08. The van der Waals surface area contributed by atoms with Crippen molar-refractivity contribution in [3.63, 3.8) is 0 Å². The van der Waals surface area contributed by atoms with Gasteiger partial charge in [-0.3, -0.25) is 4.79 Å². The number of amides is 1. The molecule has 0 bridgehead atoms. The van der Waals surface area contributed by atoms with Gasteiger partial charge in [0, 0.05) is 11.1 Å². The van der Waals surface area contributed by atoms with Gasteiger partial charge in [0.05, 0.1) is 11.1 Å². The van der Waals surface area contributed by atoms with Gasteiger partial charge in [0.25, 0.3) is 11.8 Å². The molecule has 9 nitrogen and oxygen atoms in total. The minimum absolute atomic E-state index is 0.396. The molecule has 4 rings (SSSR count). The van der Waals surface area contributed by atoms with Crippen LogP contribution in [0.5, 0.6) is 0 Å². The topological polar surface area (TPSA) is 148 Å². The van der Waals surface area contributed by atoms with Gasteiger partial charge in [-0.1, -0.05) is 23.4 Å². The number of nitrogens with zero attached hydrogens (tertiary/aromatic N) is 3. The van der Waals surface area contributed by atoms with E-state index in [-0.39, 0.29) is 0 Å². The first-order valence-electron chi connectivity index (χ1n) is 8.56. The number of fused-ring (bicyclic) bond motifs is 1. The molecule has 12 heteroatoms. The van der Waals surface area contributed by atoms with Gasteiger partial charge in [0.2, 0.25) is 0 Å². The summed E-state index contributed by atoms with van der Waals surface area (Å²) in [6, 6.07) is 12.8. The summed E-state index contributed by atoms with van der Waals surface area (Å²) in [5.41, 5.74) is 8.83. The number of halogens is 3. The van der Waals surface area contributed by atoms with E-state index in [0.717, 1.165) is 16.6 Å². The molecule has 2 aromatic carbocycles. The zero-order valence-electron chi connectivity index (χ0n) is 15.8. The molecular weight excluding hydrogens is 419 g/mol. The monoisotopic (exact) mass is 433 g/mol. The Morgan fingerprint density at radius 3 is 2.19 bits per heavy atom. The van der Waals surface area contributed by atoms with Crippen LogP contribution in [-0.4, -0.2) is 43.3 Å². The van der Waals surface area contributed by atoms with E-state index >= 15 is 0 Å². The number of aromatic nitrogens is 4. The van der Waals surface area contributed by atoms with Crippen molar-refractivity contribution in [3.05, 3.63) is 53.9 Å². The Kier molecular flexibility index (Phi) is 5.72. The lowest BCUT2D eigenvalue weighted by Crippen LogP contribution is -2.21. The van der Waals surface area contributed by atoms with Gasteiger partial charge in [-0.05, 0) is 31.2 Å². The second kappa shape index (κ2) is 8.26. The number of rotatable bonds is 3. The Morgan fingerprint density at radius 1 is 1.06 bits per heavy atom. The summed E-state index contributed by atoms with van der Waals surface area (Å²) in [5, 5.41) is 10.9. The van der Waals surface area contributed by atoms with E-state index < -0.39 is 18.1 Å². The average molecular weight is 433 g/mol. The summed E-state index contributed by atoms with van der Waals surface area (Å²) in [4.78, 5) is 32.3. The first-order valence-corrected chi connectivity index (χ1v) is 8.56. The standard InChI is InChI=1S/C17H13N5O2.C2HF3O2/c1-9-19-17(24-22-9)11-7-5-10(6-8-11)16-20-13-4-2-3-12(15(18)23)14(13)21-16;3-2(4,5)1(6)7/h2-8H,1H3,(H2,18,23)(H,20,21);(H,6,7). The zero-order chi connectivity index (χ0) is 22.8. The Hall–Kier alpha value is -4.22. The molecule has 31 heavy (non-hydrogen) atoms. The molecule has 2 aromatic heterocycles. The summed E-state index contributed by atoms with van der Waals surface area (Å²) in [6.45, 7) is 1.77. The largest absolute Gasteiger partial charge is 0.490 e. The molecule has 0 saturated heterocycles. The third-order valence-electron chi connectivity index (χ3n) is 3.95. The Balaban J connectivity index is 0.000000339. The number of aryl methyl sites for hydroxylation is 1. The third-order valence-corrected chi connectivity index (χ3v) is 3.95. The Morgan fingerprint density at radius 2 is 1.68 bits per heavy atom. The molecular formula is C19H14F3N5O4. The molecule has 0 unspecified atom stereocenters. The van der Waals surface area contributed by atoms with Crippen LogP contribution in [0.3, 0.4) is 0 Å². The predicted octanol–water partition coefficient (Wildman–Crippen LogP) is 3.32. The number of nitrogens with one attached hydrogen (secondary N) is 1. The molecule has 0 aliphatic rings. The number of hydrogen-bond acceptors (Lipinski definition) is 6. The first-order chi connectivity index (χ1) is 14.6. The number of benzene rings is 2. The van der Waals surface area contributed by atoms with Crippen LogP contribution in [0, 0.1) is 6.92 Å². The Bertz CT molecular complexity index is 1250. The summed E-state index contributed by atoms with van der Waals surface area (Å²) >= 11 is 0. The number of carboxylic acid groups (broad SMARTS) is 1. The number of hydrogen-bond donors (Lipinski definition) is 3. The van der Waals surface area contributed by atoms with E-state index in [0.29, 0.717) is 28.6 Å². The fourth-order valence-electron chi connectivity index (χ4n) is 2.55. The van der Waals surface area contributed by atoms with Crippen LogP contribution in [0.25, 0.3) is 33.9 Å². The van der Waals surface area contributed by atoms with Crippen LogP contribution < -0.4 is 5.73 Å². The highest BCUT2D eigenvalue weighted by molar-refractivity contribution is 6.04. The van der Waals surface area contributed by atoms with E-state index in [9.17, 15) is 18.0 Å². The fraction of sp³-hybridized carbons (Fsp3) is 0.105. The SMILES string of the molecule is Cc1noc(-c2ccc(-c3nc4c(C(N)=O)cccc4[nH]3)cc2)n1.O=C(O)C(F)(F)F. The molecule has 0 radical (unpaired) electrons. The molecule has 160 valence electrons. The van der Waals surface area contributed by atoms with Crippen molar-refractivity contribution in [2.75, 3.05) is 0 Å². The number of carbonyl (C=O) groups excluding carboxylic acids is 1. The number of para-hydroxylation sites is 1. The summed E-state index contributed by atoms with van der Waals surface area (Å²) < 4.78 is 36.9. The average Bonchev–Trinajstić information content (AvgIpc) is 3.33. The van der Waals surface area contributed by atoms with E-state index in [2.05, 4.69) is 20.1 Å². The fourth-order valence-corrected chi connectivity index (χ4v) is 2.55. The van der Waals surface area contributed by atoms with Gasteiger partial charge < -0.3 is 20.3 Å². The number of nitrogens with two attached hydrogens (primary N) is 1. The summed E-state index contributed by atoms with van der Waals surface area (Å²) in [7, 11) is 0. The molecule has 4 N–H and O–H groups in total. The van der Waals surface area contributed by atoms with Crippen molar-refractivity contribution in [2.45, 2.75) is 13.1 Å². The van der Waals surface area contributed by atoms with Gasteiger partial charge in [0.15, 0.2) is 5.82 Å². The van der Waals surface area contributed by atoms with Crippen LogP contribution in [0.1, 0.15) is 16.2 Å². The predicted molar refractivity (Wildman–Crippen MR) is 102 cm³/mol. The van der Waals surface area contributed by atoms with E-state index in [4.69, 9.17) is 20.2 Å². The summed E-state index contributed by atoms with van der Waals surface area (Å²) in [6.07, 6.45) is -5.08. The first kappa shape index (κ1) is 21.5. The second-order valence-corrected chi connectivity index (χ2v) is 6.18. The lowest BCUT2D eigenvalue weighted by atomic mass is 10.1. The van der Waals surface area contributed by atoms with Crippen LogP contribution >= 0.6 is 0 Å². The maximum absolute atomic E-state index is 11.5. The van der Waals surface area contributed by atoms with E-state index in [1.165, 1.54) is 0 Å². The quantitative estimate of drug-likeness (QED) is 0.449. The van der Waals surface area contributed by atoms with Crippen LogP contribution in [0.2, 0.25) is 0 Å². The molecule has 4 aromatic rings. The molecule has 0 aliphatic carbocycles. The number of carboxylic acids is 1. The molecule has 0 saturated carbocycles. The number of primary amides is 1. The van der Waals surface area contributed by atoms with Gasteiger partial charge in [-0.2, -0.15) is 18.2 Å². The highest BCUT2D eigenvalue weighted by Gasteiger charge is 2.38. The van der Waals surface area contributed by atoms with Gasteiger partial charge in [-0.15, -0.1) is 0 Å². The van der Waals surface area contributed by atoms with E-state index in [1.54, 1.807) is 19.1 Å². The third kappa shape index (κ3) is 4.86. The number of imidazole rings is 1. The summed E-state index contributed by atoms with van der Waals surface area (Å²) in [5.74, 6) is -1.54. The van der Waals surface area contributed by atoms with Crippen molar-refractivity contribution in [1.82, 2.24) is 20.1 Å². The lowest BCUT2D eigenvalue weighted by molar-refractivity contribution is -0.192. The van der Waals surface area contributed by atoms with Crippen molar-refractivity contribution in [1.29, 1.82) is 0 Å². The minimum Gasteiger partial charge on any atom is -0.475 e. The van der Waals surface area contributed by atoms with Crippen molar-refractivity contribution < 1.29 is 32.4 Å². The van der Waals surface area contributed by atoms with Crippen LogP contribution in [0.4, 0.5) is 13.2 Å². The van der Waals surface area contributed by atoms with Crippen molar-refractivity contribution in [2.24, 2.45) is 5.73 Å². The molecule has 0 fully saturated rings. The van der Waals surface area contributed by atoms with Gasteiger partial charge >= 0.3 is 12.1 Å². The highest BCUT2D eigenvalue weighted by atomic mass is 19.4. The van der Waals surface area contributed by atoms with Crippen molar-refractivity contribution >= 4 is 22.9 Å². The zero-order valence-corrected chi connectivity index (χ0v) is 15.8. The number of aliphatic carboxylic acids is 1. The normalized spacial score (nSPS) is 11.1. The van der Waals surface area contributed by atoms with E-state index in [1.807, 2.05) is 30.3 Å². The van der Waals surface area contributed by atoms with Crippen LogP contribution in [0.15, 0.2) is 47.0 Å². The second-order valence-electron chi connectivity index (χ2n) is 6.18. The lowest BCUT2D eigenvalue weighted by Gasteiger charge is -1.98. The maximum Gasteiger partial charge on any atom is 0.490 e. The Labute approximate surface area is 171 Å². The van der Waals surface area contributed by atoms with Crippen LogP contribution in [-0.2, 0) is 4.79 Å². The number of aromatic amines is 1. The maximum atomic E-state index is 11.5. The smallest absolute Gasteiger partial charge is 0.475 e. The molecule has 0 atom stereocenters. The molecule has 0 spiro atoms. The number of alkyl halides is 3. The molecule has 0 aliphatic heterocycles. The van der Waals surface area contributed by atoms with Crippen molar-refractivity contribution in [3.8, 4) is 22.8 Å². The van der Waals surface area contributed by atoms with Gasteiger partial charge in [-0.25, -0.2) is 9.78 Å².